The Hall–Kier alpha value is -3.62. The molecule has 1 aliphatic rings. The zero-order valence-electron chi connectivity index (χ0n) is 18.7. The lowest BCUT2D eigenvalue weighted by Crippen LogP contribution is -2.24. The van der Waals surface area contributed by atoms with Crippen molar-refractivity contribution in [2.75, 3.05) is 18.5 Å². The number of ether oxygens (including phenoxy) is 1. The summed E-state index contributed by atoms with van der Waals surface area (Å²) in [6.45, 7) is 3.34. The number of amidine groups is 1. The van der Waals surface area contributed by atoms with Gasteiger partial charge in [0.15, 0.2) is 0 Å². The maximum atomic E-state index is 9.83. The second-order valence-corrected chi connectivity index (χ2v) is 8.62. The number of pyridine rings is 1. The number of fused-ring (bicyclic) bond motifs is 1. The number of aliphatic imine (C=N–C) groups is 1. The highest BCUT2D eigenvalue weighted by Gasteiger charge is 2.21. The van der Waals surface area contributed by atoms with Crippen LogP contribution >= 0.6 is 11.6 Å². The van der Waals surface area contributed by atoms with Gasteiger partial charge >= 0.3 is 0 Å². The van der Waals surface area contributed by atoms with E-state index in [0.29, 0.717) is 35.3 Å². The highest BCUT2D eigenvalue weighted by atomic mass is 35.5. The molecule has 9 heteroatoms. The minimum absolute atomic E-state index is 0.151. The Morgan fingerprint density at radius 3 is 2.97 bits per heavy atom. The molecule has 174 valence electrons. The van der Waals surface area contributed by atoms with Gasteiger partial charge in [0.25, 0.3) is 0 Å². The summed E-state index contributed by atoms with van der Waals surface area (Å²) in [5.74, 6) is 0.537. The van der Waals surface area contributed by atoms with Gasteiger partial charge in [-0.05, 0) is 48.7 Å². The maximum Gasteiger partial charge on any atom is 0.135 e. The SMILES string of the molecule is CCc1cc(O)ccc1N=C(N)c1cnn2cc(-c3cnccc3Cl)cc2c1N[C@H]1CCOC1. The third-order valence-corrected chi connectivity index (χ3v) is 6.28. The lowest BCUT2D eigenvalue weighted by Gasteiger charge is -2.17. The predicted octanol–water partition coefficient (Wildman–Crippen LogP) is 4.56. The van der Waals surface area contributed by atoms with Crippen LogP contribution in [0.15, 0.2) is 60.1 Å². The van der Waals surface area contributed by atoms with E-state index in [2.05, 4.69) is 15.4 Å². The van der Waals surface area contributed by atoms with Crippen LogP contribution < -0.4 is 11.1 Å². The second kappa shape index (κ2) is 9.32. The molecule has 4 N–H and O–H groups in total. The Balaban J connectivity index is 1.64. The van der Waals surface area contributed by atoms with Crippen molar-refractivity contribution < 1.29 is 9.84 Å². The summed E-state index contributed by atoms with van der Waals surface area (Å²) in [5, 5.41) is 18.6. The van der Waals surface area contributed by atoms with Crippen LogP contribution in [0.25, 0.3) is 16.6 Å². The summed E-state index contributed by atoms with van der Waals surface area (Å²) in [7, 11) is 0. The summed E-state index contributed by atoms with van der Waals surface area (Å²) in [6.07, 6.45) is 8.64. The summed E-state index contributed by atoms with van der Waals surface area (Å²) in [5.41, 5.74) is 12.2. The van der Waals surface area contributed by atoms with Gasteiger partial charge in [-0.2, -0.15) is 5.10 Å². The summed E-state index contributed by atoms with van der Waals surface area (Å²) >= 11 is 6.42. The van der Waals surface area contributed by atoms with Crippen LogP contribution in [0.5, 0.6) is 5.75 Å². The monoisotopic (exact) mass is 476 g/mol. The first kappa shape index (κ1) is 22.2. The van der Waals surface area contributed by atoms with Crippen LogP contribution in [0.1, 0.15) is 24.5 Å². The maximum absolute atomic E-state index is 9.83. The molecular formula is C25H25ClN6O2. The van der Waals surface area contributed by atoms with E-state index in [1.807, 2.05) is 19.2 Å². The van der Waals surface area contributed by atoms with Gasteiger partial charge in [-0.25, -0.2) is 9.51 Å². The molecule has 4 aromatic rings. The van der Waals surface area contributed by atoms with Gasteiger partial charge in [-0.15, -0.1) is 0 Å². The number of phenols is 1. The average Bonchev–Trinajstić information content (AvgIpc) is 3.50. The van der Waals surface area contributed by atoms with Crippen LogP contribution in [0.3, 0.4) is 0 Å². The van der Waals surface area contributed by atoms with Crippen LogP contribution in [0, 0.1) is 0 Å². The topological polar surface area (TPSA) is 110 Å². The first-order valence-electron chi connectivity index (χ1n) is 11.2. The number of nitrogens with one attached hydrogen (secondary N) is 1. The lowest BCUT2D eigenvalue weighted by atomic mass is 10.1. The molecule has 0 unspecified atom stereocenters. The molecule has 0 spiro atoms. The second-order valence-electron chi connectivity index (χ2n) is 8.22. The smallest absolute Gasteiger partial charge is 0.135 e. The number of aryl methyl sites for hydroxylation is 1. The van der Waals surface area contributed by atoms with Crippen LogP contribution in [0.2, 0.25) is 5.02 Å². The number of nitrogens with two attached hydrogens (primary N) is 1. The van der Waals surface area contributed by atoms with E-state index in [-0.39, 0.29) is 11.8 Å². The van der Waals surface area contributed by atoms with E-state index in [1.54, 1.807) is 47.4 Å². The van der Waals surface area contributed by atoms with Gasteiger partial charge < -0.3 is 20.9 Å². The van der Waals surface area contributed by atoms with Crippen molar-refractivity contribution in [3.63, 3.8) is 0 Å². The summed E-state index contributed by atoms with van der Waals surface area (Å²) in [4.78, 5) is 8.90. The van der Waals surface area contributed by atoms with Gasteiger partial charge in [-0.3, -0.25) is 4.98 Å². The van der Waals surface area contributed by atoms with Crippen molar-refractivity contribution >= 4 is 34.3 Å². The number of hydrogen-bond acceptors (Lipinski definition) is 6. The molecule has 0 radical (unpaired) electrons. The number of aromatic hydroxyl groups is 1. The normalized spacial score (nSPS) is 16.3. The Kier molecular flexibility index (Phi) is 6.08. The molecule has 0 saturated carbocycles. The molecule has 0 aliphatic carbocycles. The number of nitrogens with zero attached hydrogens (tertiary/aromatic N) is 4. The molecule has 0 bridgehead atoms. The Morgan fingerprint density at radius 2 is 2.21 bits per heavy atom. The fourth-order valence-electron chi connectivity index (χ4n) is 4.15. The van der Waals surface area contributed by atoms with Crippen molar-refractivity contribution in [2.45, 2.75) is 25.8 Å². The molecule has 1 atom stereocenters. The van der Waals surface area contributed by atoms with Crippen LogP contribution in [-0.4, -0.2) is 44.8 Å². The third kappa shape index (κ3) is 4.30. The molecule has 0 amide bonds. The number of halogens is 1. The summed E-state index contributed by atoms with van der Waals surface area (Å²) in [6, 6.07) is 9.02. The van der Waals surface area contributed by atoms with Crippen molar-refractivity contribution in [1.82, 2.24) is 14.6 Å². The van der Waals surface area contributed by atoms with Gasteiger partial charge in [-0.1, -0.05) is 18.5 Å². The van der Waals surface area contributed by atoms with E-state index in [4.69, 9.17) is 27.1 Å². The van der Waals surface area contributed by atoms with E-state index >= 15 is 0 Å². The van der Waals surface area contributed by atoms with Crippen molar-refractivity contribution in [3.05, 3.63) is 71.3 Å². The van der Waals surface area contributed by atoms with E-state index in [1.165, 1.54) is 0 Å². The Bertz CT molecular complexity index is 1380. The third-order valence-electron chi connectivity index (χ3n) is 5.95. The molecule has 1 aromatic carbocycles. The number of phenolic OH excluding ortho intramolecular Hbond substituents is 1. The van der Waals surface area contributed by atoms with Crippen LogP contribution in [-0.2, 0) is 11.2 Å². The highest BCUT2D eigenvalue weighted by Crippen LogP contribution is 2.33. The molecule has 5 rings (SSSR count). The molecule has 1 fully saturated rings. The van der Waals surface area contributed by atoms with Gasteiger partial charge in [0.05, 0.1) is 46.3 Å². The summed E-state index contributed by atoms with van der Waals surface area (Å²) < 4.78 is 7.37. The first-order chi connectivity index (χ1) is 16.5. The van der Waals surface area contributed by atoms with Gasteiger partial charge in [0.2, 0.25) is 0 Å². The largest absolute Gasteiger partial charge is 0.508 e. The van der Waals surface area contributed by atoms with Crippen molar-refractivity contribution in [1.29, 1.82) is 0 Å². The van der Waals surface area contributed by atoms with Crippen molar-refractivity contribution in [2.24, 2.45) is 10.7 Å². The highest BCUT2D eigenvalue weighted by molar-refractivity contribution is 6.33. The average molecular weight is 477 g/mol. The fraction of sp³-hybridized carbons (Fsp3) is 0.240. The number of anilines is 1. The fourth-order valence-corrected chi connectivity index (χ4v) is 4.36. The first-order valence-corrected chi connectivity index (χ1v) is 11.5. The van der Waals surface area contributed by atoms with Gasteiger partial charge in [0, 0.05) is 36.3 Å². The zero-order chi connectivity index (χ0) is 23.7. The molecule has 1 saturated heterocycles. The Morgan fingerprint density at radius 1 is 1.32 bits per heavy atom. The molecule has 3 aromatic heterocycles. The van der Waals surface area contributed by atoms with E-state index in [9.17, 15) is 5.11 Å². The number of aromatic nitrogens is 3. The Labute approximate surface area is 202 Å². The molecule has 4 heterocycles. The van der Waals surface area contributed by atoms with E-state index in [0.717, 1.165) is 40.7 Å². The molecule has 34 heavy (non-hydrogen) atoms. The minimum atomic E-state index is 0.151. The lowest BCUT2D eigenvalue weighted by molar-refractivity contribution is 0.195. The standard InChI is InChI=1S/C25H25ClN6O2/c1-2-15-9-18(33)3-4-22(15)31-25(27)20-12-29-32-13-16(19-11-28-7-5-21(19)26)10-23(32)24(20)30-17-6-8-34-14-17/h3-5,7,9-13,17,30,33H,2,6,8,14H2,1H3,(H2,27,31)/t17-/m0/s1. The van der Waals surface area contributed by atoms with E-state index < -0.39 is 0 Å². The molecule has 8 nitrogen and oxygen atoms in total. The zero-order valence-corrected chi connectivity index (χ0v) is 19.5. The number of rotatable bonds is 6. The number of benzene rings is 1. The molecular weight excluding hydrogens is 452 g/mol. The van der Waals surface area contributed by atoms with Gasteiger partial charge in [0.1, 0.15) is 11.6 Å². The minimum Gasteiger partial charge on any atom is -0.508 e. The van der Waals surface area contributed by atoms with Crippen molar-refractivity contribution in [3.8, 4) is 16.9 Å². The predicted molar refractivity (Wildman–Crippen MR) is 134 cm³/mol. The number of hydrogen-bond donors (Lipinski definition) is 3. The molecule has 1 aliphatic heterocycles. The van der Waals surface area contributed by atoms with Crippen LogP contribution in [0.4, 0.5) is 11.4 Å². The quantitative estimate of drug-likeness (QED) is 0.278.